The molecule has 1 unspecified atom stereocenters. The molecule has 1 fully saturated rings. The lowest BCUT2D eigenvalue weighted by Gasteiger charge is -2.36. The van der Waals surface area contributed by atoms with Crippen molar-refractivity contribution in [3.8, 4) is 0 Å². The lowest BCUT2D eigenvalue weighted by atomic mass is 10.1. The number of fused-ring (bicyclic) bond motifs is 1. The predicted molar refractivity (Wildman–Crippen MR) is 114 cm³/mol. The van der Waals surface area contributed by atoms with Gasteiger partial charge in [0.1, 0.15) is 17.0 Å². The maximum absolute atomic E-state index is 13.5. The van der Waals surface area contributed by atoms with E-state index >= 15 is 0 Å². The summed E-state index contributed by atoms with van der Waals surface area (Å²) in [7, 11) is 1.69. The molecule has 1 aliphatic rings. The number of hydrogen-bond acceptors (Lipinski definition) is 6. The summed E-state index contributed by atoms with van der Waals surface area (Å²) >= 11 is 1.60. The number of amides is 1. The maximum Gasteiger partial charge on any atom is 0.236 e. The molecule has 0 aliphatic carbocycles. The van der Waals surface area contributed by atoms with Gasteiger partial charge in [0.2, 0.25) is 5.91 Å². The van der Waals surface area contributed by atoms with Gasteiger partial charge >= 0.3 is 0 Å². The van der Waals surface area contributed by atoms with Crippen molar-refractivity contribution in [2.75, 3.05) is 44.7 Å². The highest BCUT2D eigenvalue weighted by atomic mass is 32.1. The van der Waals surface area contributed by atoms with E-state index in [0.29, 0.717) is 5.56 Å². The highest BCUT2D eigenvalue weighted by molar-refractivity contribution is 7.16. The van der Waals surface area contributed by atoms with Crippen molar-refractivity contribution in [2.45, 2.75) is 13.0 Å². The zero-order valence-electron chi connectivity index (χ0n) is 16.9. The molecule has 1 aromatic carbocycles. The molecule has 158 valence electrons. The Kier molecular flexibility index (Phi) is 5.92. The number of halogens is 2. The van der Waals surface area contributed by atoms with Crippen molar-refractivity contribution in [1.82, 2.24) is 19.8 Å². The number of nitrogens with zero attached hydrogens (tertiary/aromatic N) is 5. The number of likely N-dealkylation sites (N-methyl/N-ethyl adjacent to an activating group) is 1. The maximum atomic E-state index is 13.5. The Hall–Kier alpha value is -2.65. The van der Waals surface area contributed by atoms with E-state index in [9.17, 15) is 13.6 Å². The fraction of sp³-hybridized carbons (Fsp3) is 0.381. The van der Waals surface area contributed by atoms with Crippen LogP contribution in [0.1, 0.15) is 18.5 Å². The first kappa shape index (κ1) is 20.6. The van der Waals surface area contributed by atoms with E-state index in [-0.39, 0.29) is 18.5 Å². The number of anilines is 1. The summed E-state index contributed by atoms with van der Waals surface area (Å²) in [5.41, 5.74) is 0.568. The quantitative estimate of drug-likeness (QED) is 0.621. The van der Waals surface area contributed by atoms with Gasteiger partial charge in [0.25, 0.3) is 0 Å². The summed E-state index contributed by atoms with van der Waals surface area (Å²) in [4.78, 5) is 28.4. The molecule has 30 heavy (non-hydrogen) atoms. The number of benzene rings is 1. The summed E-state index contributed by atoms with van der Waals surface area (Å²) < 4.78 is 26.7. The van der Waals surface area contributed by atoms with Crippen molar-refractivity contribution in [2.24, 2.45) is 0 Å². The number of aromatic nitrogens is 2. The van der Waals surface area contributed by atoms with E-state index in [1.54, 1.807) is 29.6 Å². The summed E-state index contributed by atoms with van der Waals surface area (Å²) in [5.74, 6) is -0.902. The van der Waals surface area contributed by atoms with Gasteiger partial charge in [0, 0.05) is 33.2 Å². The van der Waals surface area contributed by atoms with Gasteiger partial charge < -0.3 is 9.80 Å². The second-order valence-electron chi connectivity index (χ2n) is 7.45. The Morgan fingerprint density at radius 1 is 1.17 bits per heavy atom. The van der Waals surface area contributed by atoms with Crippen LogP contribution in [0.25, 0.3) is 10.2 Å². The average molecular weight is 432 g/mol. The predicted octanol–water partition coefficient (Wildman–Crippen LogP) is 3.31. The standard InChI is InChI=1S/C21H23F2N5OS/c1-14(15-3-4-17(22)18(23)11-15)26(2)19(29)12-27-6-8-28(9-7-27)20-16-5-10-30-21(16)25-13-24-20/h3-5,10-11,13-14H,6-9,12H2,1-2H3. The second-order valence-corrected chi connectivity index (χ2v) is 8.35. The number of rotatable bonds is 5. The number of thiophene rings is 1. The molecule has 3 heterocycles. The van der Waals surface area contributed by atoms with Crippen LogP contribution in [-0.2, 0) is 4.79 Å². The first-order chi connectivity index (χ1) is 14.4. The normalized spacial score (nSPS) is 16.1. The molecule has 1 atom stereocenters. The molecule has 9 heteroatoms. The monoisotopic (exact) mass is 431 g/mol. The van der Waals surface area contributed by atoms with Crippen LogP contribution in [0.5, 0.6) is 0 Å². The van der Waals surface area contributed by atoms with Gasteiger partial charge in [-0.3, -0.25) is 9.69 Å². The smallest absolute Gasteiger partial charge is 0.236 e. The van der Waals surface area contributed by atoms with Gasteiger partial charge in [0.05, 0.1) is 18.0 Å². The van der Waals surface area contributed by atoms with Gasteiger partial charge in [-0.05, 0) is 36.1 Å². The van der Waals surface area contributed by atoms with E-state index in [0.717, 1.165) is 54.3 Å². The Morgan fingerprint density at radius 2 is 1.93 bits per heavy atom. The van der Waals surface area contributed by atoms with Crippen molar-refractivity contribution in [3.05, 3.63) is 53.2 Å². The molecular weight excluding hydrogens is 408 g/mol. The molecule has 1 saturated heterocycles. The van der Waals surface area contributed by atoms with E-state index in [1.807, 2.05) is 18.4 Å². The van der Waals surface area contributed by atoms with Crippen LogP contribution >= 0.6 is 11.3 Å². The number of hydrogen-bond donors (Lipinski definition) is 0. The first-order valence-electron chi connectivity index (χ1n) is 9.80. The molecule has 2 aromatic heterocycles. The van der Waals surface area contributed by atoms with Gasteiger partial charge in [-0.2, -0.15) is 0 Å². The molecule has 1 aliphatic heterocycles. The van der Waals surface area contributed by atoms with Gasteiger partial charge in [-0.1, -0.05) is 6.07 Å². The topological polar surface area (TPSA) is 52.6 Å². The lowest BCUT2D eigenvalue weighted by Crippen LogP contribution is -2.50. The van der Waals surface area contributed by atoms with Gasteiger partial charge in [0.15, 0.2) is 11.6 Å². The minimum atomic E-state index is -0.902. The van der Waals surface area contributed by atoms with Crippen LogP contribution in [0.4, 0.5) is 14.6 Å². The molecule has 0 saturated carbocycles. The number of piperazine rings is 1. The third kappa shape index (κ3) is 4.13. The minimum absolute atomic E-state index is 0.0528. The molecule has 4 rings (SSSR count). The third-order valence-corrected chi connectivity index (χ3v) is 6.49. The average Bonchev–Trinajstić information content (AvgIpc) is 3.24. The van der Waals surface area contributed by atoms with Crippen LogP contribution in [0.3, 0.4) is 0 Å². The van der Waals surface area contributed by atoms with Crippen LogP contribution in [0.2, 0.25) is 0 Å². The lowest BCUT2D eigenvalue weighted by molar-refractivity contribution is -0.133. The van der Waals surface area contributed by atoms with Crippen LogP contribution in [0.15, 0.2) is 36.0 Å². The molecule has 0 bridgehead atoms. The van der Waals surface area contributed by atoms with Gasteiger partial charge in [-0.25, -0.2) is 18.7 Å². The molecule has 6 nitrogen and oxygen atoms in total. The van der Waals surface area contributed by atoms with E-state index in [2.05, 4.69) is 19.8 Å². The Morgan fingerprint density at radius 3 is 2.67 bits per heavy atom. The fourth-order valence-electron chi connectivity index (χ4n) is 3.66. The molecule has 3 aromatic rings. The Labute approximate surface area is 177 Å². The van der Waals surface area contributed by atoms with Crippen LogP contribution in [0, 0.1) is 11.6 Å². The molecule has 1 amide bonds. The summed E-state index contributed by atoms with van der Waals surface area (Å²) in [5, 5.41) is 3.08. The van der Waals surface area contributed by atoms with Gasteiger partial charge in [-0.15, -0.1) is 11.3 Å². The molecule has 0 N–H and O–H groups in total. The summed E-state index contributed by atoms with van der Waals surface area (Å²) in [6.07, 6.45) is 1.60. The van der Waals surface area contributed by atoms with E-state index in [4.69, 9.17) is 0 Å². The van der Waals surface area contributed by atoms with E-state index in [1.165, 1.54) is 6.07 Å². The fourth-order valence-corrected chi connectivity index (χ4v) is 4.39. The minimum Gasteiger partial charge on any atom is -0.353 e. The largest absolute Gasteiger partial charge is 0.353 e. The van der Waals surface area contributed by atoms with Crippen molar-refractivity contribution in [1.29, 1.82) is 0 Å². The first-order valence-corrected chi connectivity index (χ1v) is 10.7. The third-order valence-electron chi connectivity index (χ3n) is 5.67. The SMILES string of the molecule is CC(c1ccc(F)c(F)c1)N(C)C(=O)CN1CCN(c2ncnc3sccc23)CC1. The summed E-state index contributed by atoms with van der Waals surface area (Å²) in [6, 6.07) is 5.45. The molecular formula is C21H23F2N5OS. The van der Waals surface area contributed by atoms with Crippen LogP contribution in [-0.4, -0.2) is 65.4 Å². The highest BCUT2D eigenvalue weighted by Gasteiger charge is 2.25. The second kappa shape index (κ2) is 8.61. The zero-order valence-corrected chi connectivity index (χ0v) is 17.7. The summed E-state index contributed by atoms with van der Waals surface area (Å²) in [6.45, 7) is 5.14. The highest BCUT2D eigenvalue weighted by Crippen LogP contribution is 2.27. The zero-order chi connectivity index (χ0) is 21.3. The Bertz CT molecular complexity index is 1050. The van der Waals surface area contributed by atoms with Crippen molar-refractivity contribution in [3.63, 3.8) is 0 Å². The molecule has 0 spiro atoms. The number of carbonyl (C=O) groups is 1. The number of carbonyl (C=O) groups excluding carboxylic acids is 1. The van der Waals surface area contributed by atoms with Crippen molar-refractivity contribution >= 4 is 33.3 Å². The molecule has 0 radical (unpaired) electrons. The Balaban J connectivity index is 1.34. The van der Waals surface area contributed by atoms with Crippen molar-refractivity contribution < 1.29 is 13.6 Å². The van der Waals surface area contributed by atoms with E-state index < -0.39 is 11.6 Å². The van der Waals surface area contributed by atoms with Crippen LogP contribution < -0.4 is 4.90 Å².